The van der Waals surface area contributed by atoms with E-state index in [1.54, 1.807) is 11.1 Å². The van der Waals surface area contributed by atoms with Gasteiger partial charge < -0.3 is 4.57 Å². The second kappa shape index (κ2) is 5.15. The van der Waals surface area contributed by atoms with Crippen LogP contribution in [0.2, 0.25) is 0 Å². The molecule has 0 N–H and O–H groups in total. The smallest absolute Gasteiger partial charge is 0.256 e. The molecule has 3 aromatic rings. The molecule has 1 aliphatic rings. The average molecular weight is 289 g/mol. The summed E-state index contributed by atoms with van der Waals surface area (Å²) in [6, 6.07) is 17.4. The van der Waals surface area contributed by atoms with Crippen molar-refractivity contribution in [2.24, 2.45) is 0 Å². The van der Waals surface area contributed by atoms with Crippen LogP contribution >= 0.6 is 0 Å². The van der Waals surface area contributed by atoms with E-state index in [1.165, 1.54) is 0 Å². The minimum Gasteiger partial charge on any atom is -0.338 e. The van der Waals surface area contributed by atoms with Crippen molar-refractivity contribution in [2.75, 3.05) is 4.90 Å². The Morgan fingerprint density at radius 2 is 1.73 bits per heavy atom. The molecule has 0 saturated carbocycles. The van der Waals surface area contributed by atoms with Crippen LogP contribution in [0, 0.1) is 0 Å². The third kappa shape index (κ3) is 2.00. The number of fused-ring (bicyclic) bond motifs is 1. The first-order chi connectivity index (χ1) is 10.8. The van der Waals surface area contributed by atoms with Gasteiger partial charge in [-0.3, -0.25) is 9.69 Å². The fraction of sp³-hybridized carbons (Fsp3) is 0.111. The summed E-state index contributed by atoms with van der Waals surface area (Å²) < 4.78 is 1.94. The van der Waals surface area contributed by atoms with Crippen LogP contribution in [0.4, 0.5) is 5.82 Å². The lowest BCUT2D eigenvalue weighted by molar-refractivity contribution is -0.120. The highest BCUT2D eigenvalue weighted by molar-refractivity contribution is 6.03. The number of hydrogen-bond donors (Lipinski definition) is 0. The largest absolute Gasteiger partial charge is 0.338 e. The SMILES string of the molecule is O=C1C(n2cccc2)c2cccnc2N1Cc1ccccc1. The zero-order valence-electron chi connectivity index (χ0n) is 12.0. The topological polar surface area (TPSA) is 38.1 Å². The molecule has 108 valence electrons. The molecule has 1 aromatic carbocycles. The summed E-state index contributed by atoms with van der Waals surface area (Å²) in [5.41, 5.74) is 2.06. The summed E-state index contributed by atoms with van der Waals surface area (Å²) in [4.78, 5) is 19.1. The second-order valence-electron chi connectivity index (χ2n) is 5.36. The van der Waals surface area contributed by atoms with E-state index in [1.807, 2.05) is 71.6 Å². The van der Waals surface area contributed by atoms with Gasteiger partial charge in [0.25, 0.3) is 5.91 Å². The van der Waals surface area contributed by atoms with Crippen LogP contribution in [0.5, 0.6) is 0 Å². The third-order valence-electron chi connectivity index (χ3n) is 3.98. The van der Waals surface area contributed by atoms with Gasteiger partial charge in [0.05, 0.1) is 6.54 Å². The number of aromatic nitrogens is 2. The van der Waals surface area contributed by atoms with Crippen LogP contribution in [0.15, 0.2) is 73.2 Å². The van der Waals surface area contributed by atoms with Gasteiger partial charge in [0.15, 0.2) is 0 Å². The summed E-state index contributed by atoms with van der Waals surface area (Å²) in [5, 5.41) is 0. The number of hydrogen-bond acceptors (Lipinski definition) is 2. The predicted octanol–water partition coefficient (Wildman–Crippen LogP) is 3.02. The van der Waals surface area contributed by atoms with Gasteiger partial charge in [0.1, 0.15) is 11.9 Å². The highest BCUT2D eigenvalue weighted by atomic mass is 16.2. The van der Waals surface area contributed by atoms with E-state index < -0.39 is 0 Å². The molecule has 0 fully saturated rings. The van der Waals surface area contributed by atoms with E-state index in [9.17, 15) is 4.79 Å². The Labute approximate surface area is 128 Å². The van der Waals surface area contributed by atoms with Crippen molar-refractivity contribution in [1.82, 2.24) is 9.55 Å². The van der Waals surface area contributed by atoms with Gasteiger partial charge in [0, 0.05) is 24.2 Å². The Bertz CT molecular complexity index is 796. The Kier molecular flexibility index (Phi) is 3.00. The molecule has 4 heteroatoms. The van der Waals surface area contributed by atoms with Gasteiger partial charge in [-0.25, -0.2) is 4.98 Å². The number of carbonyl (C=O) groups is 1. The Balaban J connectivity index is 1.76. The van der Waals surface area contributed by atoms with Crippen molar-refractivity contribution < 1.29 is 4.79 Å². The molecule has 22 heavy (non-hydrogen) atoms. The lowest BCUT2D eigenvalue weighted by atomic mass is 10.1. The first-order valence-corrected chi connectivity index (χ1v) is 7.27. The minimum atomic E-state index is -0.317. The van der Waals surface area contributed by atoms with Crippen LogP contribution in [0.1, 0.15) is 17.2 Å². The lowest BCUT2D eigenvalue weighted by Gasteiger charge is -2.17. The molecule has 3 heterocycles. The van der Waals surface area contributed by atoms with Gasteiger partial charge in [-0.1, -0.05) is 36.4 Å². The van der Waals surface area contributed by atoms with E-state index in [4.69, 9.17) is 0 Å². The van der Waals surface area contributed by atoms with Gasteiger partial charge >= 0.3 is 0 Å². The molecule has 0 bridgehead atoms. The number of rotatable bonds is 3. The number of carbonyl (C=O) groups excluding carboxylic acids is 1. The quantitative estimate of drug-likeness (QED) is 0.743. The molecule has 2 aromatic heterocycles. The van der Waals surface area contributed by atoms with Crippen molar-refractivity contribution in [3.63, 3.8) is 0 Å². The summed E-state index contributed by atoms with van der Waals surface area (Å²) in [6.45, 7) is 0.543. The summed E-state index contributed by atoms with van der Waals surface area (Å²) >= 11 is 0. The zero-order chi connectivity index (χ0) is 14.9. The van der Waals surface area contributed by atoms with E-state index >= 15 is 0 Å². The molecule has 0 spiro atoms. The molecule has 1 atom stereocenters. The third-order valence-corrected chi connectivity index (χ3v) is 3.98. The second-order valence-corrected chi connectivity index (χ2v) is 5.36. The molecule has 1 unspecified atom stereocenters. The van der Waals surface area contributed by atoms with E-state index in [2.05, 4.69) is 4.98 Å². The molecule has 0 radical (unpaired) electrons. The van der Waals surface area contributed by atoms with Gasteiger partial charge in [-0.05, 0) is 23.8 Å². The number of benzene rings is 1. The number of anilines is 1. The van der Waals surface area contributed by atoms with Gasteiger partial charge in [0.2, 0.25) is 0 Å². The highest BCUT2D eigenvalue weighted by Gasteiger charge is 2.38. The summed E-state index contributed by atoms with van der Waals surface area (Å²) in [7, 11) is 0. The molecule has 1 aliphatic heterocycles. The van der Waals surface area contributed by atoms with E-state index in [-0.39, 0.29) is 11.9 Å². The van der Waals surface area contributed by atoms with Crippen molar-refractivity contribution >= 4 is 11.7 Å². The van der Waals surface area contributed by atoms with Crippen LogP contribution in [0.3, 0.4) is 0 Å². The maximum Gasteiger partial charge on any atom is 0.256 e. The monoisotopic (exact) mass is 289 g/mol. The first-order valence-electron chi connectivity index (χ1n) is 7.27. The Morgan fingerprint density at radius 1 is 0.955 bits per heavy atom. The van der Waals surface area contributed by atoms with Gasteiger partial charge in [-0.2, -0.15) is 0 Å². The first kappa shape index (κ1) is 12.8. The predicted molar refractivity (Wildman–Crippen MR) is 84.4 cm³/mol. The maximum atomic E-state index is 12.9. The molecule has 4 rings (SSSR count). The fourth-order valence-electron chi connectivity index (χ4n) is 2.96. The number of nitrogens with zero attached hydrogens (tertiary/aromatic N) is 3. The van der Waals surface area contributed by atoms with Crippen LogP contribution < -0.4 is 4.90 Å². The van der Waals surface area contributed by atoms with Crippen molar-refractivity contribution in [1.29, 1.82) is 0 Å². The normalized spacial score (nSPS) is 16.8. The maximum absolute atomic E-state index is 12.9. The lowest BCUT2D eigenvalue weighted by Crippen LogP contribution is -2.30. The molecule has 4 nitrogen and oxygen atoms in total. The van der Waals surface area contributed by atoms with Crippen LogP contribution in [-0.4, -0.2) is 15.5 Å². The molecule has 1 amide bonds. The van der Waals surface area contributed by atoms with Crippen LogP contribution in [0.25, 0.3) is 0 Å². The minimum absolute atomic E-state index is 0.0637. The Hall–Kier alpha value is -2.88. The van der Waals surface area contributed by atoms with E-state index in [0.717, 1.165) is 16.9 Å². The molecule has 0 saturated heterocycles. The standard InChI is InChI=1S/C18H15N3O/c22-18-16(20-11-4-5-12-20)15-9-6-10-19-17(15)21(18)13-14-7-2-1-3-8-14/h1-12,16H,13H2. The fourth-order valence-corrected chi connectivity index (χ4v) is 2.96. The van der Waals surface area contributed by atoms with Gasteiger partial charge in [-0.15, -0.1) is 0 Å². The summed E-state index contributed by atoms with van der Waals surface area (Å²) in [5.74, 6) is 0.823. The zero-order valence-corrected chi connectivity index (χ0v) is 12.0. The van der Waals surface area contributed by atoms with Crippen molar-refractivity contribution in [2.45, 2.75) is 12.6 Å². The average Bonchev–Trinajstić information content (AvgIpc) is 3.16. The Morgan fingerprint density at radius 3 is 2.50 bits per heavy atom. The van der Waals surface area contributed by atoms with E-state index in [0.29, 0.717) is 6.54 Å². The highest BCUT2D eigenvalue weighted by Crippen LogP contribution is 2.37. The number of amides is 1. The van der Waals surface area contributed by atoms with Crippen molar-refractivity contribution in [3.8, 4) is 0 Å². The van der Waals surface area contributed by atoms with Crippen molar-refractivity contribution in [3.05, 3.63) is 84.3 Å². The molecule has 0 aliphatic carbocycles. The van der Waals surface area contributed by atoms with Crippen LogP contribution in [-0.2, 0) is 11.3 Å². The molecular weight excluding hydrogens is 274 g/mol. The number of pyridine rings is 1. The summed E-state index contributed by atoms with van der Waals surface area (Å²) in [6.07, 6.45) is 5.58. The molecular formula is C18H15N3O.